The first-order valence-corrected chi connectivity index (χ1v) is 10.6. The lowest BCUT2D eigenvalue weighted by Crippen LogP contribution is -2.44. The van der Waals surface area contributed by atoms with E-state index < -0.39 is 47.5 Å². The zero-order valence-electron chi connectivity index (χ0n) is 17.9. The normalized spacial score (nSPS) is 24.6. The molecule has 0 unspecified atom stereocenters. The number of phenolic OH excluding ortho intramolecular Hbond substituents is 3. The zero-order chi connectivity index (χ0) is 23.8. The van der Waals surface area contributed by atoms with E-state index in [1.165, 1.54) is 24.3 Å². The summed E-state index contributed by atoms with van der Waals surface area (Å²) in [5, 5.41) is 52.7. The van der Waals surface area contributed by atoms with Gasteiger partial charge in [-0.3, -0.25) is 9.59 Å². The number of carbonyl (C=O) groups is 2. The Morgan fingerprint density at radius 2 is 1.55 bits per heavy atom. The Kier molecular flexibility index (Phi) is 4.72. The molecule has 3 aromatic carbocycles. The van der Waals surface area contributed by atoms with Crippen LogP contribution in [-0.2, 0) is 4.74 Å². The maximum Gasteiger partial charge on any atom is 0.198 e. The number of phenols is 3. The van der Waals surface area contributed by atoms with Crippen LogP contribution in [0.25, 0.3) is 10.8 Å². The van der Waals surface area contributed by atoms with E-state index in [-0.39, 0.29) is 50.8 Å². The highest BCUT2D eigenvalue weighted by atomic mass is 16.5. The van der Waals surface area contributed by atoms with Crippen LogP contribution in [-0.4, -0.2) is 55.4 Å². The zero-order valence-corrected chi connectivity index (χ0v) is 17.9. The van der Waals surface area contributed by atoms with Crippen molar-refractivity contribution in [3.63, 3.8) is 0 Å². The topological polar surface area (TPSA) is 145 Å². The first-order valence-electron chi connectivity index (χ1n) is 10.6. The first-order chi connectivity index (χ1) is 15.6. The third-order valence-electron chi connectivity index (χ3n) is 6.56. The number of aliphatic hydroxyl groups is 2. The van der Waals surface area contributed by atoms with Crippen molar-refractivity contribution in [3.8, 4) is 17.2 Å². The number of ether oxygens (including phenoxy) is 1. The van der Waals surface area contributed by atoms with Crippen molar-refractivity contribution in [2.75, 3.05) is 0 Å². The average molecular weight is 450 g/mol. The van der Waals surface area contributed by atoms with E-state index in [0.29, 0.717) is 5.56 Å². The molecule has 5 rings (SSSR count). The van der Waals surface area contributed by atoms with E-state index in [1.807, 2.05) is 0 Å². The van der Waals surface area contributed by atoms with Gasteiger partial charge in [0.2, 0.25) is 0 Å². The van der Waals surface area contributed by atoms with Crippen molar-refractivity contribution in [2.24, 2.45) is 0 Å². The Morgan fingerprint density at radius 3 is 2.24 bits per heavy atom. The Bertz CT molecular complexity index is 1350. The molecule has 1 aliphatic carbocycles. The lowest BCUT2D eigenvalue weighted by atomic mass is 9.79. The van der Waals surface area contributed by atoms with Crippen LogP contribution < -0.4 is 0 Å². The minimum absolute atomic E-state index is 0.00474. The minimum atomic E-state index is -1.08. The molecule has 2 aliphatic rings. The summed E-state index contributed by atoms with van der Waals surface area (Å²) in [6, 6.07) is 7.26. The van der Waals surface area contributed by atoms with Gasteiger partial charge in [-0.2, -0.15) is 0 Å². The fourth-order valence-corrected chi connectivity index (χ4v) is 4.84. The molecular formula is C25H22O8. The Hall–Kier alpha value is -3.46. The van der Waals surface area contributed by atoms with Crippen molar-refractivity contribution in [1.82, 2.24) is 0 Å². The van der Waals surface area contributed by atoms with Gasteiger partial charge in [0, 0.05) is 33.9 Å². The van der Waals surface area contributed by atoms with Crippen LogP contribution in [0.2, 0.25) is 0 Å². The molecule has 0 spiro atoms. The van der Waals surface area contributed by atoms with E-state index >= 15 is 0 Å². The highest BCUT2D eigenvalue weighted by Gasteiger charge is 2.40. The maximum absolute atomic E-state index is 13.4. The van der Waals surface area contributed by atoms with Gasteiger partial charge in [0.15, 0.2) is 11.6 Å². The summed E-state index contributed by atoms with van der Waals surface area (Å²) in [5.74, 6) is -2.32. The van der Waals surface area contributed by atoms with Gasteiger partial charge in [0.25, 0.3) is 0 Å². The summed E-state index contributed by atoms with van der Waals surface area (Å²) in [6.45, 7) is 3.31. The summed E-state index contributed by atoms with van der Waals surface area (Å²) in [4.78, 5) is 26.7. The number of hydrogen-bond donors (Lipinski definition) is 5. The fourth-order valence-electron chi connectivity index (χ4n) is 4.84. The van der Waals surface area contributed by atoms with E-state index in [9.17, 15) is 35.1 Å². The van der Waals surface area contributed by atoms with E-state index in [4.69, 9.17) is 4.74 Å². The predicted molar refractivity (Wildman–Crippen MR) is 117 cm³/mol. The lowest BCUT2D eigenvalue weighted by Gasteiger charge is -2.36. The SMILES string of the molecule is Cc1cc(O)c2cc3c(c(O)c2c1)C(=O)c1ccc([C@@H]2C[C@@H](O)[C@H](O)[C@@H](C)O2)c(O)c1C3=O. The molecule has 8 heteroatoms. The van der Waals surface area contributed by atoms with Crippen molar-refractivity contribution >= 4 is 22.3 Å². The number of ketones is 2. The molecule has 1 fully saturated rings. The van der Waals surface area contributed by atoms with Crippen LogP contribution in [0.3, 0.4) is 0 Å². The van der Waals surface area contributed by atoms with Gasteiger partial charge in [-0.05, 0) is 43.7 Å². The molecule has 0 radical (unpaired) electrons. The third kappa shape index (κ3) is 3.02. The molecule has 5 N–H and O–H groups in total. The largest absolute Gasteiger partial charge is 0.507 e. The van der Waals surface area contributed by atoms with Crippen LogP contribution in [0.5, 0.6) is 17.2 Å². The van der Waals surface area contributed by atoms with Gasteiger partial charge in [-0.25, -0.2) is 0 Å². The molecule has 0 amide bonds. The summed E-state index contributed by atoms with van der Waals surface area (Å²) in [5.41, 5.74) is 0.272. The van der Waals surface area contributed by atoms with E-state index in [0.717, 1.165) is 0 Å². The Labute approximate surface area is 188 Å². The monoisotopic (exact) mass is 450 g/mol. The van der Waals surface area contributed by atoms with Gasteiger partial charge in [-0.1, -0.05) is 6.07 Å². The molecule has 8 nitrogen and oxygen atoms in total. The number of aliphatic hydroxyl groups excluding tert-OH is 2. The second-order valence-corrected chi connectivity index (χ2v) is 8.73. The van der Waals surface area contributed by atoms with Gasteiger partial charge < -0.3 is 30.3 Å². The van der Waals surface area contributed by atoms with Crippen LogP contribution in [0.1, 0.15) is 62.4 Å². The van der Waals surface area contributed by atoms with Gasteiger partial charge >= 0.3 is 0 Å². The molecule has 4 atom stereocenters. The van der Waals surface area contributed by atoms with Gasteiger partial charge in [-0.15, -0.1) is 0 Å². The van der Waals surface area contributed by atoms with Crippen LogP contribution in [0.4, 0.5) is 0 Å². The number of aromatic hydroxyl groups is 3. The molecule has 1 heterocycles. The highest BCUT2D eigenvalue weighted by Crippen LogP contribution is 2.45. The maximum atomic E-state index is 13.4. The number of benzene rings is 3. The number of aryl methyl sites for hydroxylation is 1. The number of hydrogen-bond acceptors (Lipinski definition) is 8. The molecule has 1 saturated heterocycles. The fraction of sp³-hybridized carbons (Fsp3) is 0.280. The molecular weight excluding hydrogens is 428 g/mol. The van der Waals surface area contributed by atoms with E-state index in [2.05, 4.69) is 0 Å². The third-order valence-corrected chi connectivity index (χ3v) is 6.56. The summed E-state index contributed by atoms with van der Waals surface area (Å²) in [6.07, 6.45) is -3.67. The molecule has 170 valence electrons. The van der Waals surface area contributed by atoms with Crippen molar-refractivity contribution in [3.05, 3.63) is 63.7 Å². The molecule has 0 bridgehead atoms. The van der Waals surface area contributed by atoms with Crippen molar-refractivity contribution < 1.29 is 39.9 Å². The number of fused-ring (bicyclic) bond motifs is 3. The standard InChI is InChI=1S/C25H22O8/c1-9-5-14-13(16(26)6-9)7-15-20(24(14)31)23(30)12-4-3-11(22(29)19(12)25(15)32)18-8-17(27)21(28)10(2)33-18/h3-7,10,17-18,21,26-29,31H,8H2,1-2H3/t10-,17-,18+,21-/m1/s1. The summed E-state index contributed by atoms with van der Waals surface area (Å²) < 4.78 is 5.72. The second-order valence-electron chi connectivity index (χ2n) is 8.73. The summed E-state index contributed by atoms with van der Waals surface area (Å²) in [7, 11) is 0. The molecule has 3 aromatic rings. The van der Waals surface area contributed by atoms with Crippen molar-refractivity contribution in [1.29, 1.82) is 0 Å². The molecule has 33 heavy (non-hydrogen) atoms. The second kappa shape index (κ2) is 7.28. The first kappa shape index (κ1) is 21.4. The number of carbonyl (C=O) groups excluding carboxylic acids is 2. The predicted octanol–water partition coefficient (Wildman–Crippen LogP) is 2.61. The van der Waals surface area contributed by atoms with Gasteiger partial charge in [0.1, 0.15) is 23.4 Å². The van der Waals surface area contributed by atoms with Gasteiger partial charge in [0.05, 0.1) is 29.4 Å². The van der Waals surface area contributed by atoms with Crippen LogP contribution in [0, 0.1) is 6.92 Å². The molecule has 0 saturated carbocycles. The summed E-state index contributed by atoms with van der Waals surface area (Å²) >= 11 is 0. The molecule has 0 aromatic heterocycles. The van der Waals surface area contributed by atoms with Crippen molar-refractivity contribution in [2.45, 2.75) is 44.7 Å². The quantitative estimate of drug-likeness (QED) is 0.298. The smallest absolute Gasteiger partial charge is 0.198 e. The Morgan fingerprint density at radius 1 is 0.879 bits per heavy atom. The highest BCUT2D eigenvalue weighted by molar-refractivity contribution is 6.32. The van der Waals surface area contributed by atoms with Crippen LogP contribution >= 0.6 is 0 Å². The lowest BCUT2D eigenvalue weighted by molar-refractivity contribution is -0.163. The minimum Gasteiger partial charge on any atom is -0.507 e. The van der Waals surface area contributed by atoms with E-state index in [1.54, 1.807) is 19.9 Å². The number of rotatable bonds is 1. The average Bonchev–Trinajstić information content (AvgIpc) is 2.75. The van der Waals surface area contributed by atoms with Crippen LogP contribution in [0.15, 0.2) is 30.3 Å². The molecule has 1 aliphatic heterocycles. The Balaban J connectivity index is 1.68.